The van der Waals surface area contributed by atoms with Gasteiger partial charge < -0.3 is 9.84 Å². The highest BCUT2D eigenvalue weighted by atomic mass is 35.5. The predicted octanol–water partition coefficient (Wildman–Crippen LogP) is 3.27. The SMILES string of the molecule is C=Cc1nc(Cl)c(C(O)C2=CCCCC2=O)cc1C(=O)OCC. The third kappa shape index (κ3) is 3.68. The minimum atomic E-state index is -1.21. The van der Waals surface area contributed by atoms with Gasteiger partial charge in [0.1, 0.15) is 11.3 Å². The lowest BCUT2D eigenvalue weighted by Crippen LogP contribution is -2.17. The Kier molecular flexibility index (Phi) is 5.69. The Morgan fingerprint density at radius 2 is 2.35 bits per heavy atom. The number of Topliss-reactive ketones (excluding diaryl/α,β-unsaturated/α-hetero) is 1. The third-order valence-corrected chi connectivity index (χ3v) is 3.91. The molecule has 0 saturated carbocycles. The number of hydrogen-bond acceptors (Lipinski definition) is 5. The molecule has 0 amide bonds. The Morgan fingerprint density at radius 3 is 2.96 bits per heavy atom. The number of ketones is 1. The topological polar surface area (TPSA) is 76.5 Å². The molecular weight excluding hydrogens is 318 g/mol. The molecule has 1 aliphatic rings. The lowest BCUT2D eigenvalue weighted by molar-refractivity contribution is -0.117. The van der Waals surface area contributed by atoms with Crippen molar-refractivity contribution in [2.24, 2.45) is 0 Å². The van der Waals surface area contributed by atoms with E-state index in [-0.39, 0.29) is 34.4 Å². The molecule has 0 fully saturated rings. The molecule has 5 nitrogen and oxygen atoms in total. The van der Waals surface area contributed by atoms with E-state index in [2.05, 4.69) is 11.6 Å². The van der Waals surface area contributed by atoms with E-state index in [1.807, 2.05) is 0 Å². The van der Waals surface area contributed by atoms with E-state index >= 15 is 0 Å². The molecule has 1 aromatic rings. The van der Waals surface area contributed by atoms with Gasteiger partial charge in [0.05, 0.1) is 17.9 Å². The summed E-state index contributed by atoms with van der Waals surface area (Å²) in [6.07, 6.45) is 3.76. The van der Waals surface area contributed by atoms with Crippen molar-refractivity contribution in [2.75, 3.05) is 6.61 Å². The second kappa shape index (κ2) is 7.53. The first-order valence-electron chi connectivity index (χ1n) is 7.40. The quantitative estimate of drug-likeness (QED) is 0.660. The van der Waals surface area contributed by atoms with Crippen molar-refractivity contribution in [3.8, 4) is 0 Å². The number of allylic oxidation sites excluding steroid dienone is 1. The molecule has 0 aliphatic heterocycles. The summed E-state index contributed by atoms with van der Waals surface area (Å²) in [5.41, 5.74) is 0.931. The number of carbonyl (C=O) groups excluding carboxylic acids is 2. The van der Waals surface area contributed by atoms with Crippen molar-refractivity contribution in [3.05, 3.63) is 46.3 Å². The summed E-state index contributed by atoms with van der Waals surface area (Å²) in [4.78, 5) is 28.1. The van der Waals surface area contributed by atoms with Gasteiger partial charge in [-0.15, -0.1) is 0 Å². The van der Waals surface area contributed by atoms with Crippen LogP contribution in [0.1, 0.15) is 53.9 Å². The summed E-state index contributed by atoms with van der Waals surface area (Å²) in [5, 5.41) is 10.5. The van der Waals surface area contributed by atoms with E-state index in [1.54, 1.807) is 13.0 Å². The molecule has 0 radical (unpaired) electrons. The van der Waals surface area contributed by atoms with Gasteiger partial charge in [0.15, 0.2) is 5.78 Å². The average molecular weight is 336 g/mol. The van der Waals surface area contributed by atoms with Gasteiger partial charge >= 0.3 is 5.97 Å². The first-order chi connectivity index (χ1) is 11.0. The summed E-state index contributed by atoms with van der Waals surface area (Å²) in [5.74, 6) is -0.700. The van der Waals surface area contributed by atoms with Gasteiger partial charge in [-0.05, 0) is 31.9 Å². The number of carbonyl (C=O) groups is 2. The fourth-order valence-corrected chi connectivity index (χ4v) is 2.70. The van der Waals surface area contributed by atoms with Gasteiger partial charge in [-0.1, -0.05) is 24.3 Å². The molecule has 6 heteroatoms. The van der Waals surface area contributed by atoms with Crippen LogP contribution >= 0.6 is 11.6 Å². The van der Waals surface area contributed by atoms with Gasteiger partial charge in [-0.3, -0.25) is 4.79 Å². The molecule has 1 heterocycles. The zero-order chi connectivity index (χ0) is 17.0. The summed E-state index contributed by atoms with van der Waals surface area (Å²) in [6.45, 7) is 5.49. The number of ether oxygens (including phenoxy) is 1. The Morgan fingerprint density at radius 1 is 1.61 bits per heavy atom. The molecular formula is C17H18ClNO4. The van der Waals surface area contributed by atoms with Crippen LogP contribution in [0, 0.1) is 0 Å². The monoisotopic (exact) mass is 335 g/mol. The van der Waals surface area contributed by atoms with Crippen LogP contribution in [-0.2, 0) is 9.53 Å². The molecule has 1 aliphatic carbocycles. The molecule has 0 saturated heterocycles. The largest absolute Gasteiger partial charge is 0.462 e. The number of halogens is 1. The smallest absolute Gasteiger partial charge is 0.340 e. The molecule has 1 N–H and O–H groups in total. The zero-order valence-electron chi connectivity index (χ0n) is 12.8. The van der Waals surface area contributed by atoms with Crippen molar-refractivity contribution in [3.63, 3.8) is 0 Å². The van der Waals surface area contributed by atoms with Crippen LogP contribution in [0.2, 0.25) is 5.15 Å². The maximum atomic E-state index is 12.0. The van der Waals surface area contributed by atoms with E-state index in [0.29, 0.717) is 12.0 Å². The number of aliphatic hydroxyl groups excluding tert-OH is 1. The number of hydrogen-bond donors (Lipinski definition) is 1. The fraction of sp³-hybridized carbons (Fsp3) is 0.353. The van der Waals surface area contributed by atoms with E-state index in [1.165, 1.54) is 12.1 Å². The van der Waals surface area contributed by atoms with Crippen LogP contribution in [0.25, 0.3) is 6.08 Å². The van der Waals surface area contributed by atoms with Gasteiger partial charge in [0, 0.05) is 17.6 Å². The summed E-state index contributed by atoms with van der Waals surface area (Å²) in [7, 11) is 0. The highest BCUT2D eigenvalue weighted by Gasteiger charge is 2.26. The molecule has 1 unspecified atom stereocenters. The molecule has 0 aromatic carbocycles. The Labute approximate surface area is 139 Å². The Balaban J connectivity index is 2.47. The van der Waals surface area contributed by atoms with E-state index in [9.17, 15) is 14.7 Å². The van der Waals surface area contributed by atoms with Crippen molar-refractivity contribution >= 4 is 29.4 Å². The standard InChI is InChI=1S/C17H18ClNO4/c1-3-13-11(17(22)23-4-2)9-12(16(18)19-13)15(21)10-7-5-6-8-14(10)20/h3,7,9,15,21H,1,4-6,8H2,2H3. The molecule has 1 atom stereocenters. The van der Waals surface area contributed by atoms with Crippen molar-refractivity contribution in [1.29, 1.82) is 0 Å². The minimum Gasteiger partial charge on any atom is -0.462 e. The molecule has 0 spiro atoms. The number of pyridine rings is 1. The predicted molar refractivity (Wildman–Crippen MR) is 87.2 cm³/mol. The summed E-state index contributed by atoms with van der Waals surface area (Å²) in [6, 6.07) is 1.41. The number of esters is 1. The normalized spacial score (nSPS) is 15.8. The minimum absolute atomic E-state index is 0.0275. The fourth-order valence-electron chi connectivity index (χ4n) is 2.45. The number of aromatic nitrogens is 1. The molecule has 122 valence electrons. The van der Waals surface area contributed by atoms with Gasteiger partial charge in [0.25, 0.3) is 0 Å². The number of rotatable bonds is 5. The maximum Gasteiger partial charge on any atom is 0.340 e. The lowest BCUT2D eigenvalue weighted by atomic mass is 9.90. The van der Waals surface area contributed by atoms with Gasteiger partial charge in [-0.25, -0.2) is 9.78 Å². The number of nitrogens with zero attached hydrogens (tertiary/aromatic N) is 1. The van der Waals surface area contributed by atoms with Crippen molar-refractivity contribution in [2.45, 2.75) is 32.3 Å². The Bertz CT molecular complexity index is 681. The van der Waals surface area contributed by atoms with Gasteiger partial charge in [-0.2, -0.15) is 0 Å². The van der Waals surface area contributed by atoms with Crippen LogP contribution in [0.4, 0.5) is 0 Å². The average Bonchev–Trinajstić information content (AvgIpc) is 2.54. The second-order valence-corrected chi connectivity index (χ2v) is 5.46. The van der Waals surface area contributed by atoms with Crippen LogP contribution in [-0.4, -0.2) is 28.4 Å². The van der Waals surface area contributed by atoms with E-state index in [4.69, 9.17) is 16.3 Å². The van der Waals surface area contributed by atoms with Crippen molar-refractivity contribution < 1.29 is 19.4 Å². The zero-order valence-corrected chi connectivity index (χ0v) is 13.6. The van der Waals surface area contributed by atoms with Crippen LogP contribution in [0.15, 0.2) is 24.3 Å². The molecule has 1 aromatic heterocycles. The van der Waals surface area contributed by atoms with Crippen LogP contribution < -0.4 is 0 Å². The van der Waals surface area contributed by atoms with Crippen LogP contribution in [0.3, 0.4) is 0 Å². The van der Waals surface area contributed by atoms with Crippen LogP contribution in [0.5, 0.6) is 0 Å². The second-order valence-electron chi connectivity index (χ2n) is 5.10. The molecule has 0 bridgehead atoms. The van der Waals surface area contributed by atoms with E-state index in [0.717, 1.165) is 12.8 Å². The first kappa shape index (κ1) is 17.4. The summed E-state index contributed by atoms with van der Waals surface area (Å²) < 4.78 is 4.98. The first-order valence-corrected chi connectivity index (χ1v) is 7.78. The third-order valence-electron chi connectivity index (χ3n) is 3.60. The van der Waals surface area contributed by atoms with Gasteiger partial charge in [0.2, 0.25) is 0 Å². The highest BCUT2D eigenvalue weighted by Crippen LogP contribution is 2.32. The number of aliphatic hydroxyl groups is 1. The highest BCUT2D eigenvalue weighted by molar-refractivity contribution is 6.30. The lowest BCUT2D eigenvalue weighted by Gasteiger charge is -2.19. The molecule has 2 rings (SSSR count). The maximum absolute atomic E-state index is 12.0. The van der Waals surface area contributed by atoms with Crippen molar-refractivity contribution in [1.82, 2.24) is 4.98 Å². The summed E-state index contributed by atoms with van der Waals surface area (Å²) >= 11 is 6.11. The van der Waals surface area contributed by atoms with E-state index < -0.39 is 12.1 Å². The molecule has 23 heavy (non-hydrogen) atoms. The Hall–Kier alpha value is -1.98.